The van der Waals surface area contributed by atoms with Crippen LogP contribution in [-0.2, 0) is 10.0 Å². The summed E-state index contributed by atoms with van der Waals surface area (Å²) >= 11 is 0. The van der Waals surface area contributed by atoms with Crippen LogP contribution in [0.1, 0.15) is 36.0 Å². The molecule has 2 aliphatic carbocycles. The van der Waals surface area contributed by atoms with Crippen LogP contribution < -0.4 is 4.74 Å². The highest BCUT2D eigenvalue weighted by molar-refractivity contribution is 7.89. The molecule has 1 aromatic carbocycles. The predicted octanol–water partition coefficient (Wildman–Crippen LogP) is 1.71. The van der Waals surface area contributed by atoms with Crippen molar-refractivity contribution in [1.29, 1.82) is 0 Å². The molecule has 0 heterocycles. The monoisotopic (exact) mass is 311 g/mol. The van der Waals surface area contributed by atoms with Gasteiger partial charge in [0.1, 0.15) is 10.6 Å². The Morgan fingerprint density at radius 3 is 2.24 bits per heavy atom. The molecule has 2 saturated carbocycles. The predicted molar refractivity (Wildman–Crippen MR) is 75.0 cm³/mol. The van der Waals surface area contributed by atoms with Crippen LogP contribution in [0.4, 0.5) is 0 Å². The number of hydrogen-bond acceptors (Lipinski definition) is 4. The maximum Gasteiger partial charge on any atom is 0.335 e. The third kappa shape index (κ3) is 2.63. The first-order chi connectivity index (χ1) is 9.95. The molecule has 21 heavy (non-hydrogen) atoms. The van der Waals surface area contributed by atoms with Gasteiger partial charge < -0.3 is 9.84 Å². The van der Waals surface area contributed by atoms with Gasteiger partial charge in [0.25, 0.3) is 0 Å². The van der Waals surface area contributed by atoms with Crippen LogP contribution in [0.15, 0.2) is 23.1 Å². The van der Waals surface area contributed by atoms with Crippen LogP contribution in [0.25, 0.3) is 0 Å². The Hall–Kier alpha value is -1.60. The number of aromatic carboxylic acids is 1. The Balaban J connectivity index is 2.03. The molecule has 6 nitrogen and oxygen atoms in total. The fourth-order valence-electron chi connectivity index (χ4n) is 2.48. The zero-order valence-electron chi connectivity index (χ0n) is 11.7. The summed E-state index contributed by atoms with van der Waals surface area (Å²) in [7, 11) is -2.30. The largest absolute Gasteiger partial charge is 0.495 e. The highest BCUT2D eigenvalue weighted by atomic mass is 32.2. The van der Waals surface area contributed by atoms with Gasteiger partial charge in [-0.25, -0.2) is 13.2 Å². The zero-order chi connectivity index (χ0) is 15.2. The maximum atomic E-state index is 12.9. The van der Waals surface area contributed by atoms with E-state index in [-0.39, 0.29) is 28.3 Å². The first-order valence-corrected chi connectivity index (χ1v) is 8.34. The van der Waals surface area contributed by atoms with Crippen molar-refractivity contribution in [2.45, 2.75) is 42.7 Å². The topological polar surface area (TPSA) is 83.9 Å². The second-order valence-corrected chi connectivity index (χ2v) is 7.28. The summed E-state index contributed by atoms with van der Waals surface area (Å²) in [5, 5.41) is 8.99. The van der Waals surface area contributed by atoms with Crippen molar-refractivity contribution in [3.05, 3.63) is 23.8 Å². The number of carbonyl (C=O) groups is 1. The summed E-state index contributed by atoms with van der Waals surface area (Å²) in [6.45, 7) is 0. The minimum atomic E-state index is -3.64. The van der Waals surface area contributed by atoms with Gasteiger partial charge in [-0.2, -0.15) is 4.31 Å². The summed E-state index contributed by atoms with van der Waals surface area (Å²) in [6.07, 6.45) is 3.58. The number of hydrogen-bond donors (Lipinski definition) is 1. The number of nitrogens with zero attached hydrogens (tertiary/aromatic N) is 1. The molecule has 0 atom stereocenters. The van der Waals surface area contributed by atoms with E-state index in [0.29, 0.717) is 0 Å². The smallest absolute Gasteiger partial charge is 0.335 e. The minimum Gasteiger partial charge on any atom is -0.495 e. The van der Waals surface area contributed by atoms with Crippen molar-refractivity contribution in [3.63, 3.8) is 0 Å². The molecule has 3 rings (SSSR count). The average Bonchev–Trinajstić information content (AvgIpc) is 3.32. The fraction of sp³-hybridized carbons (Fsp3) is 0.500. The van der Waals surface area contributed by atoms with Crippen molar-refractivity contribution < 1.29 is 23.1 Å². The van der Waals surface area contributed by atoms with Gasteiger partial charge in [-0.15, -0.1) is 0 Å². The lowest BCUT2D eigenvalue weighted by molar-refractivity contribution is 0.0696. The van der Waals surface area contributed by atoms with Crippen molar-refractivity contribution in [1.82, 2.24) is 4.31 Å². The Bertz CT molecular complexity index is 665. The van der Waals surface area contributed by atoms with E-state index in [0.717, 1.165) is 25.7 Å². The van der Waals surface area contributed by atoms with E-state index in [1.807, 2.05) is 0 Å². The summed E-state index contributed by atoms with van der Waals surface area (Å²) in [5.74, 6) is -1.03. The number of sulfonamides is 1. The lowest BCUT2D eigenvalue weighted by atomic mass is 10.2. The number of methoxy groups -OCH3 is 1. The van der Waals surface area contributed by atoms with Crippen molar-refractivity contribution in [2.75, 3.05) is 7.11 Å². The van der Waals surface area contributed by atoms with Crippen LogP contribution >= 0.6 is 0 Å². The van der Waals surface area contributed by atoms with E-state index in [2.05, 4.69) is 0 Å². The zero-order valence-corrected chi connectivity index (χ0v) is 12.5. The van der Waals surface area contributed by atoms with Crippen molar-refractivity contribution >= 4 is 16.0 Å². The van der Waals surface area contributed by atoms with E-state index >= 15 is 0 Å². The van der Waals surface area contributed by atoms with Crippen molar-refractivity contribution in [2.24, 2.45) is 0 Å². The van der Waals surface area contributed by atoms with E-state index in [9.17, 15) is 13.2 Å². The molecule has 0 bridgehead atoms. The summed E-state index contributed by atoms with van der Waals surface area (Å²) in [6, 6.07) is 4.07. The fourth-order valence-corrected chi connectivity index (χ4v) is 4.55. The number of ether oxygens (including phenoxy) is 1. The lowest BCUT2D eigenvalue weighted by Gasteiger charge is -2.22. The quantitative estimate of drug-likeness (QED) is 0.864. The Kier molecular flexibility index (Phi) is 3.41. The molecular weight excluding hydrogens is 294 g/mol. The Morgan fingerprint density at radius 1 is 1.24 bits per heavy atom. The SMILES string of the molecule is COc1cc(C(=O)O)ccc1S(=O)(=O)N(C1CC1)C1CC1. The van der Waals surface area contributed by atoms with Crippen molar-refractivity contribution in [3.8, 4) is 5.75 Å². The molecule has 2 aliphatic rings. The first kappa shape index (κ1) is 14.3. The normalized spacial score (nSPS) is 18.8. The van der Waals surface area contributed by atoms with Crippen LogP contribution in [0.3, 0.4) is 0 Å². The molecule has 1 aromatic rings. The van der Waals surface area contributed by atoms with Crippen LogP contribution in [0.5, 0.6) is 5.75 Å². The van der Waals surface area contributed by atoms with Gasteiger partial charge in [0.15, 0.2) is 0 Å². The van der Waals surface area contributed by atoms with E-state index in [1.54, 1.807) is 4.31 Å². The van der Waals surface area contributed by atoms with E-state index in [1.165, 1.54) is 25.3 Å². The number of rotatable bonds is 6. The lowest BCUT2D eigenvalue weighted by Crippen LogP contribution is -2.35. The van der Waals surface area contributed by atoms with Gasteiger partial charge in [0.05, 0.1) is 12.7 Å². The average molecular weight is 311 g/mol. The molecule has 2 fully saturated rings. The molecule has 0 radical (unpaired) electrons. The molecular formula is C14H17NO5S. The maximum absolute atomic E-state index is 12.9. The molecule has 7 heteroatoms. The number of benzene rings is 1. The van der Waals surface area contributed by atoms with Crippen LogP contribution in [0.2, 0.25) is 0 Å². The molecule has 0 aromatic heterocycles. The van der Waals surface area contributed by atoms with Gasteiger partial charge in [0.2, 0.25) is 10.0 Å². The molecule has 0 unspecified atom stereocenters. The van der Waals surface area contributed by atoms with Gasteiger partial charge in [-0.1, -0.05) is 0 Å². The summed E-state index contributed by atoms with van der Waals surface area (Å²) in [4.78, 5) is 11.0. The van der Waals surface area contributed by atoms with Gasteiger partial charge in [-0.3, -0.25) is 0 Å². The van der Waals surface area contributed by atoms with Crippen LogP contribution in [-0.4, -0.2) is 43.0 Å². The second kappa shape index (κ2) is 4.99. The van der Waals surface area contributed by atoms with Crippen LogP contribution in [0, 0.1) is 0 Å². The standard InChI is InChI=1S/C14H17NO5S/c1-20-12-8-9(14(16)17)2-7-13(12)21(18,19)15(10-3-4-10)11-5-6-11/h2,7-8,10-11H,3-6H2,1H3,(H,16,17). The van der Waals surface area contributed by atoms with Gasteiger partial charge >= 0.3 is 5.97 Å². The van der Waals surface area contributed by atoms with E-state index < -0.39 is 16.0 Å². The summed E-state index contributed by atoms with van der Waals surface area (Å²) in [5.41, 5.74) is 0.00944. The third-order valence-electron chi connectivity index (χ3n) is 3.78. The number of carboxylic acids is 1. The first-order valence-electron chi connectivity index (χ1n) is 6.90. The highest BCUT2D eigenvalue weighted by Crippen LogP contribution is 2.42. The minimum absolute atomic E-state index is 0.00944. The van der Waals surface area contributed by atoms with Gasteiger partial charge in [0, 0.05) is 12.1 Å². The Morgan fingerprint density at radius 2 is 1.81 bits per heavy atom. The molecule has 114 valence electrons. The molecule has 0 aliphatic heterocycles. The molecule has 0 amide bonds. The second-order valence-electron chi connectivity index (χ2n) is 5.47. The van der Waals surface area contributed by atoms with Gasteiger partial charge in [-0.05, 0) is 43.9 Å². The molecule has 0 spiro atoms. The Labute approximate surface area is 123 Å². The van der Waals surface area contributed by atoms with E-state index in [4.69, 9.17) is 9.84 Å². The highest BCUT2D eigenvalue weighted by Gasteiger charge is 2.47. The molecule has 0 saturated heterocycles. The number of carboxylic acid groups (broad SMARTS) is 1. The molecule has 1 N–H and O–H groups in total. The summed E-state index contributed by atoms with van der Waals surface area (Å²) < 4.78 is 32.4. The third-order valence-corrected chi connectivity index (χ3v) is 5.82.